The molecule has 0 spiro atoms. The molecule has 5 rings (SSSR count). The average Bonchev–Trinajstić information content (AvgIpc) is 3.39. The van der Waals surface area contributed by atoms with Crippen molar-refractivity contribution >= 4 is 22.6 Å². The molecule has 0 bridgehead atoms. The van der Waals surface area contributed by atoms with E-state index in [2.05, 4.69) is 10.4 Å². The fraction of sp³-hybridized carbons (Fsp3) is 0.138. The van der Waals surface area contributed by atoms with Crippen LogP contribution in [0.15, 0.2) is 82.3 Å². The first-order valence-electron chi connectivity index (χ1n) is 11.8. The number of rotatable bonds is 7. The fourth-order valence-corrected chi connectivity index (χ4v) is 4.39. The summed E-state index contributed by atoms with van der Waals surface area (Å²) >= 11 is 0. The van der Waals surface area contributed by atoms with Crippen molar-refractivity contribution in [2.24, 2.45) is 0 Å². The number of aromatic carboxylic acids is 1. The molecule has 2 aromatic heterocycles. The van der Waals surface area contributed by atoms with Crippen molar-refractivity contribution in [2.45, 2.75) is 19.9 Å². The molecule has 2 N–H and O–H groups in total. The second-order valence-electron chi connectivity index (χ2n) is 8.91. The molecule has 0 aliphatic heterocycles. The number of halogens is 1. The number of fused-ring (bicyclic) bond motifs is 1. The number of para-hydroxylation sites is 1. The standard InChI is InChI=1S/C29H24FN3O5/c1-16-10-21(17(2)32-24-7-5-4-6-20(24)29(35)36)28-22(11-16)25(34)13-27(38-28)18-14-31-33(15-18)19-8-9-26(37-3)23(30)12-19/h4-15,17,32H,1-3H3,(H,35,36)/t17-/m1/s1. The fourth-order valence-electron chi connectivity index (χ4n) is 4.39. The highest BCUT2D eigenvalue weighted by atomic mass is 19.1. The summed E-state index contributed by atoms with van der Waals surface area (Å²) in [6, 6.07) is 15.8. The van der Waals surface area contributed by atoms with Crippen LogP contribution in [-0.2, 0) is 0 Å². The number of benzene rings is 3. The van der Waals surface area contributed by atoms with E-state index in [9.17, 15) is 19.1 Å². The van der Waals surface area contributed by atoms with Gasteiger partial charge in [-0.05, 0) is 49.7 Å². The van der Waals surface area contributed by atoms with Gasteiger partial charge in [0.15, 0.2) is 17.0 Å². The molecule has 0 amide bonds. The van der Waals surface area contributed by atoms with Crippen LogP contribution in [0.2, 0.25) is 0 Å². The number of nitrogens with one attached hydrogen (secondary N) is 1. The highest BCUT2D eigenvalue weighted by Gasteiger charge is 2.19. The van der Waals surface area contributed by atoms with E-state index in [-0.39, 0.29) is 22.8 Å². The molecule has 2 heterocycles. The minimum absolute atomic E-state index is 0.123. The van der Waals surface area contributed by atoms with E-state index in [1.165, 1.54) is 42.3 Å². The van der Waals surface area contributed by atoms with Crippen molar-refractivity contribution < 1.29 is 23.4 Å². The third kappa shape index (κ3) is 4.61. The number of methoxy groups -OCH3 is 1. The molecule has 192 valence electrons. The van der Waals surface area contributed by atoms with Crippen LogP contribution in [0.5, 0.6) is 5.75 Å². The van der Waals surface area contributed by atoms with Crippen molar-refractivity contribution in [1.29, 1.82) is 0 Å². The molecular weight excluding hydrogens is 489 g/mol. The quantitative estimate of drug-likeness (QED) is 0.276. The SMILES string of the molecule is COc1ccc(-n2cc(-c3cc(=O)c4cc(C)cc([C@@H](C)Nc5ccccc5C(=O)O)c4o3)cn2)cc1F. The first-order valence-corrected chi connectivity index (χ1v) is 11.8. The van der Waals surface area contributed by atoms with Crippen molar-refractivity contribution in [1.82, 2.24) is 9.78 Å². The number of nitrogens with zero attached hydrogens (tertiary/aromatic N) is 2. The number of ether oxygens (including phenoxy) is 1. The monoisotopic (exact) mass is 513 g/mol. The van der Waals surface area contributed by atoms with Gasteiger partial charge in [-0.15, -0.1) is 0 Å². The summed E-state index contributed by atoms with van der Waals surface area (Å²) in [7, 11) is 1.39. The number of hydrogen-bond donors (Lipinski definition) is 2. The molecule has 3 aromatic carbocycles. The van der Waals surface area contributed by atoms with Gasteiger partial charge >= 0.3 is 5.97 Å². The Labute approximate surface area is 216 Å². The van der Waals surface area contributed by atoms with E-state index in [0.717, 1.165) is 5.56 Å². The van der Waals surface area contributed by atoms with Gasteiger partial charge in [-0.3, -0.25) is 4.79 Å². The van der Waals surface area contributed by atoms with Crippen LogP contribution in [0.3, 0.4) is 0 Å². The summed E-state index contributed by atoms with van der Waals surface area (Å²) in [4.78, 5) is 24.8. The molecule has 0 radical (unpaired) electrons. The van der Waals surface area contributed by atoms with Crippen LogP contribution in [0.4, 0.5) is 10.1 Å². The van der Waals surface area contributed by atoms with E-state index >= 15 is 0 Å². The van der Waals surface area contributed by atoms with E-state index in [0.29, 0.717) is 39.2 Å². The van der Waals surface area contributed by atoms with Crippen molar-refractivity contribution in [2.75, 3.05) is 12.4 Å². The van der Waals surface area contributed by atoms with E-state index in [4.69, 9.17) is 9.15 Å². The minimum Gasteiger partial charge on any atom is -0.494 e. The Hall–Kier alpha value is -4.92. The smallest absolute Gasteiger partial charge is 0.337 e. The third-order valence-corrected chi connectivity index (χ3v) is 6.26. The van der Waals surface area contributed by atoms with Gasteiger partial charge in [-0.1, -0.05) is 18.2 Å². The topological polar surface area (TPSA) is 107 Å². The maximum absolute atomic E-state index is 14.2. The average molecular weight is 514 g/mol. The number of anilines is 1. The number of hydrogen-bond acceptors (Lipinski definition) is 6. The zero-order valence-electron chi connectivity index (χ0n) is 20.9. The lowest BCUT2D eigenvalue weighted by Gasteiger charge is -2.19. The van der Waals surface area contributed by atoms with Crippen LogP contribution in [0.25, 0.3) is 28.0 Å². The van der Waals surface area contributed by atoms with Crippen molar-refractivity contribution in [3.8, 4) is 22.8 Å². The molecule has 0 aliphatic carbocycles. The predicted octanol–water partition coefficient (Wildman–Crippen LogP) is 5.97. The molecule has 0 aliphatic rings. The van der Waals surface area contributed by atoms with Crippen LogP contribution in [0.1, 0.15) is 34.5 Å². The van der Waals surface area contributed by atoms with Gasteiger partial charge < -0.3 is 19.6 Å². The minimum atomic E-state index is -1.04. The molecule has 8 nitrogen and oxygen atoms in total. The van der Waals surface area contributed by atoms with E-state index < -0.39 is 11.8 Å². The second-order valence-corrected chi connectivity index (χ2v) is 8.91. The van der Waals surface area contributed by atoms with Gasteiger partial charge in [0.25, 0.3) is 0 Å². The Morgan fingerprint density at radius 1 is 1.16 bits per heavy atom. The lowest BCUT2D eigenvalue weighted by Crippen LogP contribution is -2.12. The zero-order chi connectivity index (χ0) is 27.0. The number of carbonyl (C=O) groups is 1. The van der Waals surface area contributed by atoms with Crippen LogP contribution >= 0.6 is 0 Å². The first-order chi connectivity index (χ1) is 18.2. The number of aryl methyl sites for hydroxylation is 1. The van der Waals surface area contributed by atoms with Gasteiger partial charge in [0.05, 0.1) is 41.5 Å². The summed E-state index contributed by atoms with van der Waals surface area (Å²) in [5.74, 6) is -1.15. The second kappa shape index (κ2) is 9.85. The molecule has 0 saturated heterocycles. The largest absolute Gasteiger partial charge is 0.494 e. The third-order valence-electron chi connectivity index (χ3n) is 6.26. The van der Waals surface area contributed by atoms with Crippen molar-refractivity contribution in [3.05, 3.63) is 106 Å². The molecule has 1 atom stereocenters. The highest BCUT2D eigenvalue weighted by molar-refractivity contribution is 5.94. The molecule has 0 unspecified atom stereocenters. The lowest BCUT2D eigenvalue weighted by atomic mass is 10.0. The molecule has 9 heteroatoms. The number of aromatic nitrogens is 2. The van der Waals surface area contributed by atoms with Crippen LogP contribution in [0, 0.1) is 12.7 Å². The van der Waals surface area contributed by atoms with Gasteiger partial charge in [0, 0.05) is 29.6 Å². The summed E-state index contributed by atoms with van der Waals surface area (Å²) < 4.78 is 26.9. The van der Waals surface area contributed by atoms with Gasteiger partial charge in [0.2, 0.25) is 0 Å². The summed E-state index contributed by atoms with van der Waals surface area (Å²) in [5.41, 5.74) is 3.31. The normalized spacial score (nSPS) is 11.9. The van der Waals surface area contributed by atoms with Crippen molar-refractivity contribution in [3.63, 3.8) is 0 Å². The molecule has 0 saturated carbocycles. The Kier molecular flexibility index (Phi) is 6.42. The molecular formula is C29H24FN3O5. The molecule has 5 aromatic rings. The Morgan fingerprint density at radius 3 is 2.68 bits per heavy atom. The van der Waals surface area contributed by atoms with E-state index in [1.807, 2.05) is 19.9 Å². The van der Waals surface area contributed by atoms with Crippen LogP contribution < -0.4 is 15.5 Å². The summed E-state index contributed by atoms with van der Waals surface area (Å²) in [5, 5.41) is 17.5. The summed E-state index contributed by atoms with van der Waals surface area (Å²) in [6.45, 7) is 3.75. The van der Waals surface area contributed by atoms with Gasteiger partial charge in [0.1, 0.15) is 11.3 Å². The van der Waals surface area contributed by atoms with E-state index in [1.54, 1.807) is 36.5 Å². The first kappa shape index (κ1) is 24.8. The lowest BCUT2D eigenvalue weighted by molar-refractivity contribution is 0.0698. The highest BCUT2D eigenvalue weighted by Crippen LogP contribution is 2.31. The maximum Gasteiger partial charge on any atom is 0.337 e. The maximum atomic E-state index is 14.2. The van der Waals surface area contributed by atoms with Gasteiger partial charge in [-0.2, -0.15) is 5.10 Å². The van der Waals surface area contributed by atoms with Gasteiger partial charge in [-0.25, -0.2) is 13.9 Å². The Balaban J connectivity index is 1.56. The Morgan fingerprint density at radius 2 is 1.95 bits per heavy atom. The summed E-state index contributed by atoms with van der Waals surface area (Å²) in [6.07, 6.45) is 3.18. The number of carboxylic acids is 1. The van der Waals surface area contributed by atoms with Crippen LogP contribution in [-0.4, -0.2) is 28.0 Å². The molecule has 0 fully saturated rings. The predicted molar refractivity (Wildman–Crippen MR) is 142 cm³/mol. The molecule has 38 heavy (non-hydrogen) atoms. The number of carboxylic acid groups (broad SMARTS) is 1. The zero-order valence-corrected chi connectivity index (χ0v) is 20.9. The Bertz CT molecular complexity index is 1740.